The molecule has 1 saturated heterocycles. The largest absolute Gasteiger partial charge is 0.443 e. The minimum atomic E-state index is -0.953. The zero-order valence-electron chi connectivity index (χ0n) is 29.0. The number of carbonyl (C=O) groups is 2. The zero-order valence-corrected chi connectivity index (χ0v) is 29.8. The third kappa shape index (κ3) is 7.10. The second-order valence-corrected chi connectivity index (χ2v) is 15.2. The molecule has 14 heteroatoms. The molecule has 1 aromatic carbocycles. The van der Waals surface area contributed by atoms with Crippen LogP contribution in [0.2, 0.25) is 5.02 Å². The van der Waals surface area contributed by atoms with Crippen LogP contribution in [0.25, 0.3) is 21.9 Å². The Kier molecular flexibility index (Phi) is 8.69. The van der Waals surface area contributed by atoms with Gasteiger partial charge in [0.05, 0.1) is 27.8 Å². The summed E-state index contributed by atoms with van der Waals surface area (Å²) in [5.41, 5.74) is 1.47. The Labute approximate surface area is 288 Å². The maximum Gasteiger partial charge on any atom is 0.425 e. The van der Waals surface area contributed by atoms with Crippen LogP contribution in [0.1, 0.15) is 79.1 Å². The fourth-order valence-electron chi connectivity index (χ4n) is 6.07. The normalized spacial score (nSPS) is 20.4. The molecule has 4 heterocycles. The number of carbonyl (C=O) groups excluding carboxylic acids is 2. The third-order valence-corrected chi connectivity index (χ3v) is 8.39. The number of imide groups is 1. The van der Waals surface area contributed by atoms with E-state index in [2.05, 4.69) is 20.1 Å². The number of rotatable bonds is 5. The molecule has 1 fully saturated rings. The molecule has 0 unspecified atom stereocenters. The first kappa shape index (κ1) is 34.7. The summed E-state index contributed by atoms with van der Waals surface area (Å²) < 4.78 is 40.6. The molecule has 3 atom stereocenters. The number of halogens is 2. The van der Waals surface area contributed by atoms with Crippen molar-refractivity contribution in [2.75, 3.05) is 4.90 Å². The molecule has 260 valence electrons. The van der Waals surface area contributed by atoms with Gasteiger partial charge in [-0.2, -0.15) is 10.00 Å². The van der Waals surface area contributed by atoms with Gasteiger partial charge in [-0.3, -0.25) is 4.98 Å². The number of pyridine rings is 1. The van der Waals surface area contributed by atoms with E-state index in [1.165, 1.54) is 18.6 Å². The molecule has 1 aliphatic heterocycles. The second kappa shape index (κ2) is 12.3. The fraction of sp³-hybridized carbons (Fsp3) is 0.486. The third-order valence-electron chi connectivity index (χ3n) is 8.01. The molecule has 49 heavy (non-hydrogen) atoms. The molecule has 2 amide bonds. The summed E-state index contributed by atoms with van der Waals surface area (Å²) >= 11 is 6.19. The molecule has 0 bridgehead atoms. The van der Waals surface area contributed by atoms with Crippen LogP contribution in [-0.2, 0) is 25.4 Å². The molecule has 12 nitrogen and oxygen atoms in total. The number of hydrogen-bond donors (Lipinski definition) is 0. The Morgan fingerprint density at radius 1 is 1.00 bits per heavy atom. The van der Waals surface area contributed by atoms with E-state index < -0.39 is 47.4 Å². The summed E-state index contributed by atoms with van der Waals surface area (Å²) in [5.74, 6) is -1.30. The first-order valence-electron chi connectivity index (χ1n) is 16.1. The Balaban J connectivity index is 1.35. The lowest BCUT2D eigenvalue weighted by atomic mass is 10.0. The van der Waals surface area contributed by atoms with Crippen molar-refractivity contribution in [1.82, 2.24) is 24.7 Å². The van der Waals surface area contributed by atoms with Crippen LogP contribution >= 0.6 is 11.6 Å². The number of benzene rings is 1. The number of amides is 2. The van der Waals surface area contributed by atoms with Gasteiger partial charge in [0.2, 0.25) is 0 Å². The molecule has 2 aliphatic rings. The number of hydrogen-bond acceptors (Lipinski definition) is 10. The number of aryl methyl sites for hydroxylation is 2. The summed E-state index contributed by atoms with van der Waals surface area (Å²) in [4.78, 5) is 40.9. The van der Waals surface area contributed by atoms with Gasteiger partial charge in [-0.05, 0) is 104 Å². The van der Waals surface area contributed by atoms with Crippen molar-refractivity contribution in [3.63, 3.8) is 0 Å². The molecular weight excluding hydrogens is 655 g/mol. The van der Waals surface area contributed by atoms with Crippen molar-refractivity contribution in [2.45, 2.75) is 110 Å². The first-order chi connectivity index (χ1) is 22.8. The van der Waals surface area contributed by atoms with Crippen LogP contribution in [0.3, 0.4) is 0 Å². The van der Waals surface area contributed by atoms with Crippen LogP contribution in [0.5, 0.6) is 0 Å². The predicted octanol–water partition coefficient (Wildman–Crippen LogP) is 7.79. The van der Waals surface area contributed by atoms with Gasteiger partial charge in [-0.25, -0.2) is 28.6 Å². The van der Waals surface area contributed by atoms with Crippen LogP contribution in [-0.4, -0.2) is 66.1 Å². The van der Waals surface area contributed by atoms with Crippen molar-refractivity contribution < 1.29 is 32.9 Å². The van der Waals surface area contributed by atoms with E-state index in [9.17, 15) is 9.59 Å². The van der Waals surface area contributed by atoms with E-state index in [0.29, 0.717) is 45.5 Å². The predicted molar refractivity (Wildman–Crippen MR) is 181 cm³/mol. The van der Waals surface area contributed by atoms with Crippen LogP contribution < -0.4 is 4.90 Å². The summed E-state index contributed by atoms with van der Waals surface area (Å²) in [6.07, 6.45) is 3.08. The summed E-state index contributed by atoms with van der Waals surface area (Å²) in [6, 6.07) is 4.53. The van der Waals surface area contributed by atoms with Gasteiger partial charge >= 0.3 is 12.2 Å². The lowest BCUT2D eigenvalue weighted by molar-refractivity contribution is -0.148. The van der Waals surface area contributed by atoms with Crippen molar-refractivity contribution in [3.8, 4) is 0 Å². The van der Waals surface area contributed by atoms with Gasteiger partial charge in [0, 0.05) is 5.39 Å². The second-order valence-electron chi connectivity index (χ2n) is 14.8. The average Bonchev–Trinajstić information content (AvgIpc) is 3.62. The first-order valence-corrected chi connectivity index (χ1v) is 16.4. The highest BCUT2D eigenvalue weighted by Gasteiger charge is 2.51. The van der Waals surface area contributed by atoms with Gasteiger partial charge in [0.25, 0.3) is 0 Å². The highest BCUT2D eigenvalue weighted by molar-refractivity contribution is 6.31. The van der Waals surface area contributed by atoms with Gasteiger partial charge < -0.3 is 18.9 Å². The molecule has 0 N–H and O–H groups in total. The molecule has 0 saturated carbocycles. The maximum atomic E-state index is 15.1. The Bertz CT molecular complexity index is 1970. The number of aromatic nitrogens is 5. The van der Waals surface area contributed by atoms with Gasteiger partial charge in [0.1, 0.15) is 41.6 Å². The molecule has 3 aromatic heterocycles. The van der Waals surface area contributed by atoms with E-state index in [1.807, 2.05) is 26.0 Å². The van der Waals surface area contributed by atoms with Crippen molar-refractivity contribution in [1.29, 1.82) is 0 Å². The van der Waals surface area contributed by atoms with E-state index in [0.717, 1.165) is 16.0 Å². The van der Waals surface area contributed by atoms with Crippen LogP contribution in [0, 0.1) is 12.7 Å². The number of anilines is 1. The SMILES string of the molecule is Cc1nc2cc(CCC3=C[C@@H](n4ncc5c(N(C(=O)OC(C)(C)C)C(=O)OC(C)(C)C)ncnc54)[C@@H]4OC(C)(C)O[C@H]34)cc(F)c2cc1Cl. The van der Waals surface area contributed by atoms with Gasteiger partial charge in [0.15, 0.2) is 17.3 Å². The number of fused-ring (bicyclic) bond motifs is 3. The minimum absolute atomic E-state index is 0.0362. The molecule has 0 spiro atoms. The van der Waals surface area contributed by atoms with Crippen LogP contribution in [0.15, 0.2) is 42.4 Å². The van der Waals surface area contributed by atoms with Crippen molar-refractivity contribution >= 4 is 51.5 Å². The van der Waals surface area contributed by atoms with E-state index >= 15 is 4.39 Å². The molecule has 0 radical (unpaired) electrons. The zero-order chi connectivity index (χ0) is 35.6. The number of nitrogens with zero attached hydrogens (tertiary/aromatic N) is 6. The van der Waals surface area contributed by atoms with E-state index in [4.69, 9.17) is 30.5 Å². The molecular formula is C35H40ClFN6O6. The van der Waals surface area contributed by atoms with E-state index in [-0.39, 0.29) is 11.6 Å². The standard InChI is InChI=1S/C35H40ClFN6O6/c1-18-23(36)15-21-24(37)12-19(13-25(21)41-18)10-11-20-14-26(28-27(20)46-35(8,9)47-28)43-30-22(16-40-43)29(38-17-39-30)42(31(44)48-33(2,3)4)32(45)49-34(5,6)7/h12-17,26-28H,10-11H2,1-9H3/t26-,27-,28+/m1/s1. The van der Waals surface area contributed by atoms with Crippen LogP contribution in [0.4, 0.5) is 19.8 Å². The Hall–Kier alpha value is -4.20. The average molecular weight is 695 g/mol. The lowest BCUT2D eigenvalue weighted by Crippen LogP contribution is -2.44. The summed E-state index contributed by atoms with van der Waals surface area (Å²) in [7, 11) is 0. The summed E-state index contributed by atoms with van der Waals surface area (Å²) in [6.45, 7) is 15.7. The van der Waals surface area contributed by atoms with Crippen molar-refractivity contribution in [3.05, 3.63) is 64.5 Å². The Morgan fingerprint density at radius 2 is 1.67 bits per heavy atom. The minimum Gasteiger partial charge on any atom is -0.443 e. The molecule has 1 aliphatic carbocycles. The number of ether oxygens (including phenoxy) is 4. The highest BCUT2D eigenvalue weighted by Crippen LogP contribution is 2.45. The fourth-order valence-corrected chi connectivity index (χ4v) is 6.22. The maximum absolute atomic E-state index is 15.1. The lowest BCUT2D eigenvalue weighted by Gasteiger charge is -2.28. The highest BCUT2D eigenvalue weighted by atomic mass is 35.5. The molecule has 6 rings (SSSR count). The molecule has 4 aromatic rings. The smallest absolute Gasteiger partial charge is 0.425 e. The Morgan fingerprint density at radius 3 is 2.33 bits per heavy atom. The van der Waals surface area contributed by atoms with Gasteiger partial charge in [-0.1, -0.05) is 17.7 Å². The van der Waals surface area contributed by atoms with E-state index in [1.54, 1.807) is 59.2 Å². The monoisotopic (exact) mass is 694 g/mol. The summed E-state index contributed by atoms with van der Waals surface area (Å²) in [5, 5.41) is 5.76. The van der Waals surface area contributed by atoms with Gasteiger partial charge in [-0.15, -0.1) is 0 Å². The van der Waals surface area contributed by atoms with Crippen molar-refractivity contribution in [2.24, 2.45) is 0 Å². The quantitative estimate of drug-likeness (QED) is 0.191. The topological polar surface area (TPSA) is 131 Å².